The van der Waals surface area contributed by atoms with Crippen molar-refractivity contribution in [3.63, 3.8) is 0 Å². The maximum Gasteiger partial charge on any atom is 0.268 e. The summed E-state index contributed by atoms with van der Waals surface area (Å²) in [6, 6.07) is 16.9. The van der Waals surface area contributed by atoms with Gasteiger partial charge in [-0.2, -0.15) is 0 Å². The quantitative estimate of drug-likeness (QED) is 0.418. The summed E-state index contributed by atoms with van der Waals surface area (Å²) in [4.78, 5) is 13.9. The fraction of sp³-hybridized carbons (Fsp3) is 0.125. The number of methoxy groups -OCH3 is 3. The van der Waals surface area contributed by atoms with Crippen molar-refractivity contribution in [1.29, 1.82) is 0 Å². The maximum atomic E-state index is 13.3. The van der Waals surface area contributed by atoms with Gasteiger partial charge in [0.1, 0.15) is 22.1 Å². The summed E-state index contributed by atoms with van der Waals surface area (Å²) in [7, 11) is 4.78. The van der Waals surface area contributed by atoms with E-state index in [1.165, 1.54) is 11.3 Å². The Balaban J connectivity index is 1.73. The highest BCUT2D eigenvalue weighted by Gasteiger charge is 2.21. The van der Waals surface area contributed by atoms with Crippen molar-refractivity contribution in [2.45, 2.75) is 0 Å². The summed E-state index contributed by atoms with van der Waals surface area (Å²) >= 11 is 1.40. The molecule has 0 unspecified atom stereocenters. The molecule has 0 aliphatic heterocycles. The minimum Gasteiger partial charge on any atom is -0.497 e. The van der Waals surface area contributed by atoms with Gasteiger partial charge in [0.25, 0.3) is 5.91 Å². The van der Waals surface area contributed by atoms with Gasteiger partial charge in [-0.25, -0.2) is 0 Å². The molecule has 0 spiro atoms. The van der Waals surface area contributed by atoms with E-state index in [1.807, 2.05) is 58.7 Å². The molecular weight excluding hydrogens is 412 g/mol. The number of amides is 1. The van der Waals surface area contributed by atoms with Crippen LogP contribution >= 0.6 is 11.3 Å². The summed E-state index contributed by atoms with van der Waals surface area (Å²) in [5.41, 5.74) is 3.37. The average molecular weight is 435 g/mol. The van der Waals surface area contributed by atoms with E-state index in [0.29, 0.717) is 22.1 Å². The van der Waals surface area contributed by atoms with Crippen LogP contribution < -0.4 is 19.5 Å². The van der Waals surface area contributed by atoms with E-state index in [-0.39, 0.29) is 5.91 Å². The third kappa shape index (κ3) is 4.13. The predicted octanol–water partition coefficient (Wildman–Crippen LogP) is 5.48. The number of nitrogens with zero attached hydrogens (tertiary/aromatic N) is 1. The highest BCUT2D eigenvalue weighted by molar-refractivity contribution is 7.13. The molecule has 6 nitrogen and oxygen atoms in total. The topological polar surface area (TPSA) is 61.7 Å². The lowest BCUT2D eigenvalue weighted by molar-refractivity contribution is 0.103. The van der Waals surface area contributed by atoms with E-state index in [4.69, 9.17) is 14.2 Å². The average Bonchev–Trinajstić information content (AvgIpc) is 3.49. The Hall–Kier alpha value is -3.71. The normalized spacial score (nSPS) is 10.5. The first-order valence-electron chi connectivity index (χ1n) is 9.57. The van der Waals surface area contributed by atoms with Gasteiger partial charge in [-0.1, -0.05) is 12.1 Å². The third-order valence-electron chi connectivity index (χ3n) is 4.89. The van der Waals surface area contributed by atoms with E-state index in [9.17, 15) is 4.79 Å². The largest absolute Gasteiger partial charge is 0.497 e. The standard InChI is InChI=1S/C24H22N2O4S/c1-28-17-8-6-16(7-9-17)19-15-31-23(22(19)26-12-4-5-13-26)24(27)25-20-11-10-18(29-2)14-21(20)30-3/h4-15H,1-3H3,(H,25,27). The van der Waals surface area contributed by atoms with Crippen LogP contribution in [0, 0.1) is 0 Å². The first-order chi connectivity index (χ1) is 15.1. The fourth-order valence-electron chi connectivity index (χ4n) is 3.31. The van der Waals surface area contributed by atoms with Gasteiger partial charge >= 0.3 is 0 Å². The first kappa shape index (κ1) is 20.6. The molecule has 7 heteroatoms. The number of benzene rings is 2. The number of anilines is 1. The molecular formula is C24H22N2O4S. The molecule has 0 atom stereocenters. The number of carbonyl (C=O) groups excluding carboxylic acids is 1. The molecule has 0 aliphatic carbocycles. The molecule has 2 aromatic heterocycles. The Kier molecular flexibility index (Phi) is 5.95. The number of hydrogen-bond acceptors (Lipinski definition) is 5. The van der Waals surface area contributed by atoms with Gasteiger partial charge in [-0.15, -0.1) is 11.3 Å². The van der Waals surface area contributed by atoms with Crippen LogP contribution in [-0.4, -0.2) is 31.8 Å². The molecule has 1 amide bonds. The molecule has 0 bridgehead atoms. The van der Waals surface area contributed by atoms with Gasteiger partial charge < -0.3 is 24.1 Å². The molecule has 4 aromatic rings. The summed E-state index contributed by atoms with van der Waals surface area (Å²) in [5, 5.41) is 4.97. The van der Waals surface area contributed by atoms with Crippen LogP contribution in [0.1, 0.15) is 9.67 Å². The molecule has 0 radical (unpaired) electrons. The van der Waals surface area contributed by atoms with E-state index >= 15 is 0 Å². The molecule has 1 N–H and O–H groups in total. The second-order valence-electron chi connectivity index (χ2n) is 6.67. The zero-order valence-corrected chi connectivity index (χ0v) is 18.2. The smallest absolute Gasteiger partial charge is 0.268 e. The molecule has 31 heavy (non-hydrogen) atoms. The summed E-state index contributed by atoms with van der Waals surface area (Å²) in [5.74, 6) is 1.76. The first-order valence-corrected chi connectivity index (χ1v) is 10.4. The van der Waals surface area contributed by atoms with Gasteiger partial charge in [0.2, 0.25) is 0 Å². The number of rotatable bonds is 7. The summed E-state index contributed by atoms with van der Waals surface area (Å²) < 4.78 is 17.9. The van der Waals surface area contributed by atoms with Gasteiger partial charge in [0, 0.05) is 29.4 Å². The van der Waals surface area contributed by atoms with E-state index in [2.05, 4.69) is 5.32 Å². The van der Waals surface area contributed by atoms with Crippen LogP contribution in [0.5, 0.6) is 17.2 Å². The van der Waals surface area contributed by atoms with Crippen molar-refractivity contribution >= 4 is 22.9 Å². The highest BCUT2D eigenvalue weighted by atomic mass is 32.1. The van der Waals surface area contributed by atoms with Crippen LogP contribution in [0.2, 0.25) is 0 Å². The van der Waals surface area contributed by atoms with Crippen LogP contribution in [0.15, 0.2) is 72.4 Å². The number of nitrogens with one attached hydrogen (secondary N) is 1. The monoisotopic (exact) mass is 434 g/mol. The SMILES string of the molecule is COc1ccc(-c2csc(C(=O)Nc3ccc(OC)cc3OC)c2-n2cccc2)cc1. The maximum absolute atomic E-state index is 13.3. The highest BCUT2D eigenvalue weighted by Crippen LogP contribution is 2.37. The van der Waals surface area contributed by atoms with Crippen molar-refractivity contribution in [2.75, 3.05) is 26.6 Å². The van der Waals surface area contributed by atoms with Gasteiger partial charge in [0.05, 0.1) is 32.7 Å². The Labute approximate surface area is 184 Å². The van der Waals surface area contributed by atoms with Crippen molar-refractivity contribution in [1.82, 2.24) is 4.57 Å². The zero-order valence-electron chi connectivity index (χ0n) is 17.4. The Morgan fingerprint density at radius 2 is 1.58 bits per heavy atom. The predicted molar refractivity (Wildman–Crippen MR) is 123 cm³/mol. The Morgan fingerprint density at radius 1 is 0.903 bits per heavy atom. The van der Waals surface area contributed by atoms with Gasteiger partial charge in [-0.3, -0.25) is 4.79 Å². The molecule has 2 aromatic carbocycles. The Morgan fingerprint density at radius 3 is 2.23 bits per heavy atom. The van der Waals surface area contributed by atoms with Gasteiger partial charge in [-0.05, 0) is 42.0 Å². The van der Waals surface area contributed by atoms with Crippen molar-refractivity contribution in [3.05, 3.63) is 77.2 Å². The van der Waals surface area contributed by atoms with Crippen LogP contribution in [0.25, 0.3) is 16.8 Å². The fourth-order valence-corrected chi connectivity index (χ4v) is 4.28. The lowest BCUT2D eigenvalue weighted by Crippen LogP contribution is -2.13. The zero-order chi connectivity index (χ0) is 21.8. The van der Waals surface area contributed by atoms with Crippen molar-refractivity contribution in [2.24, 2.45) is 0 Å². The number of hydrogen-bond donors (Lipinski definition) is 1. The van der Waals surface area contributed by atoms with E-state index in [0.717, 1.165) is 22.6 Å². The third-order valence-corrected chi connectivity index (χ3v) is 5.86. The lowest BCUT2D eigenvalue weighted by atomic mass is 10.1. The van der Waals surface area contributed by atoms with Crippen LogP contribution in [-0.2, 0) is 0 Å². The number of carbonyl (C=O) groups is 1. The molecule has 4 rings (SSSR count). The molecule has 0 saturated carbocycles. The Bertz CT molecular complexity index is 1180. The van der Waals surface area contributed by atoms with Crippen molar-refractivity contribution in [3.8, 4) is 34.1 Å². The van der Waals surface area contributed by atoms with Crippen LogP contribution in [0.4, 0.5) is 5.69 Å². The molecule has 0 fully saturated rings. The number of ether oxygens (including phenoxy) is 3. The number of aromatic nitrogens is 1. The lowest BCUT2D eigenvalue weighted by Gasteiger charge is -2.13. The van der Waals surface area contributed by atoms with E-state index in [1.54, 1.807) is 39.5 Å². The second kappa shape index (κ2) is 8.97. The molecule has 0 saturated heterocycles. The minimum atomic E-state index is -0.211. The van der Waals surface area contributed by atoms with Gasteiger partial charge in [0.15, 0.2) is 0 Å². The molecule has 158 valence electrons. The second-order valence-corrected chi connectivity index (χ2v) is 7.55. The minimum absolute atomic E-state index is 0.211. The molecule has 2 heterocycles. The van der Waals surface area contributed by atoms with Crippen LogP contribution in [0.3, 0.4) is 0 Å². The number of thiophene rings is 1. The summed E-state index contributed by atoms with van der Waals surface area (Å²) in [6.45, 7) is 0. The summed E-state index contributed by atoms with van der Waals surface area (Å²) in [6.07, 6.45) is 3.86. The molecule has 0 aliphatic rings. The van der Waals surface area contributed by atoms with Crippen molar-refractivity contribution < 1.29 is 19.0 Å². The van der Waals surface area contributed by atoms with E-state index < -0.39 is 0 Å².